The monoisotopic (exact) mass is 423 g/mol. The Bertz CT molecular complexity index is 679. The zero-order valence-electron chi connectivity index (χ0n) is 18.3. The molecule has 1 aromatic carbocycles. The number of amides is 4. The number of amidine groups is 1. The van der Waals surface area contributed by atoms with Crippen molar-refractivity contribution in [3.8, 4) is 0 Å². The summed E-state index contributed by atoms with van der Waals surface area (Å²) in [4.78, 5) is 28.3. The zero-order chi connectivity index (χ0) is 21.9. The summed E-state index contributed by atoms with van der Waals surface area (Å²) in [5.74, 6) is 0. The number of imide groups is 1. The van der Waals surface area contributed by atoms with Crippen LogP contribution in [0.15, 0.2) is 29.2 Å². The fraction of sp³-hybridized carbons (Fsp3) is 0.571. The molecular weight excluding hydrogens is 388 g/mol. The van der Waals surface area contributed by atoms with Gasteiger partial charge in [-0.1, -0.05) is 43.8 Å². The van der Waals surface area contributed by atoms with E-state index in [1.807, 2.05) is 26.0 Å². The minimum Gasteiger partial charge on any atom is -0.436 e. The summed E-state index contributed by atoms with van der Waals surface area (Å²) in [6, 6.07) is 6.59. The van der Waals surface area contributed by atoms with Crippen LogP contribution in [0, 0.1) is 5.41 Å². The van der Waals surface area contributed by atoms with E-state index < -0.39 is 16.5 Å². The maximum atomic E-state index is 13.2. The minimum atomic E-state index is -0.814. The first-order valence-corrected chi connectivity index (χ1v) is 11.0. The number of hydrogen-bond acceptors (Lipinski definition) is 5. The van der Waals surface area contributed by atoms with E-state index in [-0.39, 0.29) is 19.2 Å². The number of ether oxygens (including phenoxy) is 1. The molecular formula is C21H35N4O3S+. The summed E-state index contributed by atoms with van der Waals surface area (Å²) in [6.07, 6.45) is 4.56. The first kappa shape index (κ1) is 25.0. The second-order valence-electron chi connectivity index (χ2n) is 7.12. The molecule has 0 bridgehead atoms. The van der Waals surface area contributed by atoms with Gasteiger partial charge in [-0.3, -0.25) is 4.90 Å². The van der Waals surface area contributed by atoms with Gasteiger partial charge in [0.25, 0.3) is 0 Å². The lowest BCUT2D eigenvalue weighted by Gasteiger charge is -2.32. The number of benzene rings is 1. The van der Waals surface area contributed by atoms with Crippen LogP contribution in [0.2, 0.25) is 0 Å². The fourth-order valence-corrected chi connectivity index (χ4v) is 3.47. The normalized spacial score (nSPS) is 12.7. The molecule has 0 aliphatic rings. The Kier molecular flexibility index (Phi) is 10.8. The summed E-state index contributed by atoms with van der Waals surface area (Å²) in [5.41, 5.74) is 1.26. The van der Waals surface area contributed by atoms with Crippen LogP contribution in [-0.4, -0.2) is 54.7 Å². The molecule has 8 heteroatoms. The Labute approximate surface area is 179 Å². The predicted octanol–water partition coefficient (Wildman–Crippen LogP) is 5.02. The van der Waals surface area contributed by atoms with Crippen molar-refractivity contribution in [2.24, 2.45) is 0 Å². The topological polar surface area (TPSA) is 82.5 Å². The van der Waals surface area contributed by atoms with E-state index >= 15 is 0 Å². The molecule has 7 nitrogen and oxygen atoms in total. The molecule has 0 aromatic heterocycles. The number of rotatable bonds is 9. The third-order valence-electron chi connectivity index (χ3n) is 4.40. The number of aryl methyl sites for hydroxylation is 1. The highest BCUT2D eigenvalue weighted by molar-refractivity contribution is 7.98. The molecule has 0 saturated heterocycles. The van der Waals surface area contributed by atoms with Gasteiger partial charge < -0.3 is 4.74 Å². The Morgan fingerprint density at radius 2 is 1.76 bits per heavy atom. The molecule has 0 heterocycles. The minimum absolute atomic E-state index is 0.155. The highest BCUT2D eigenvalue weighted by Crippen LogP contribution is 2.21. The van der Waals surface area contributed by atoms with E-state index in [9.17, 15) is 9.59 Å². The van der Waals surface area contributed by atoms with Crippen LogP contribution in [0.3, 0.4) is 0 Å². The molecule has 0 aliphatic carbocycles. The number of hydrogen-bond donors (Lipinski definition) is 2. The highest BCUT2D eigenvalue weighted by Gasteiger charge is 2.52. The average molecular weight is 424 g/mol. The van der Waals surface area contributed by atoms with Gasteiger partial charge >= 0.3 is 18.1 Å². The molecule has 1 rings (SSSR count). The highest BCUT2D eigenvalue weighted by atomic mass is 32.2. The molecule has 29 heavy (non-hydrogen) atoms. The second kappa shape index (κ2) is 12.5. The molecule has 0 fully saturated rings. The lowest BCUT2D eigenvalue weighted by atomic mass is 10.1. The van der Waals surface area contributed by atoms with E-state index in [2.05, 4.69) is 23.8 Å². The molecule has 0 spiro atoms. The van der Waals surface area contributed by atoms with Crippen molar-refractivity contribution in [1.29, 1.82) is 5.41 Å². The van der Waals surface area contributed by atoms with Crippen molar-refractivity contribution >= 4 is 30.0 Å². The Balaban J connectivity index is 3.00. The SMILES string of the molecule is CCCCc1ccc(SNC(=O)[N+](CCC)(C(=N)OCCC)C(=O)N(C)C)cc1. The van der Waals surface area contributed by atoms with Crippen LogP contribution in [0.4, 0.5) is 9.59 Å². The van der Waals surface area contributed by atoms with Crippen LogP contribution in [0.5, 0.6) is 0 Å². The molecule has 4 amide bonds. The van der Waals surface area contributed by atoms with Crippen LogP contribution >= 0.6 is 11.9 Å². The van der Waals surface area contributed by atoms with Crippen molar-refractivity contribution < 1.29 is 18.8 Å². The summed E-state index contributed by atoms with van der Waals surface area (Å²) in [6.45, 7) is 6.39. The number of urea groups is 2. The average Bonchev–Trinajstić information content (AvgIpc) is 2.72. The molecule has 0 radical (unpaired) electrons. The smallest absolute Gasteiger partial charge is 0.436 e. The van der Waals surface area contributed by atoms with E-state index in [1.165, 1.54) is 10.5 Å². The standard InChI is InChI=1S/C21H34N4O3S/c1-6-9-10-17-11-13-18(14-12-17)29-23-20(26)25(15-7-2,21(27)24(4)5)19(22)28-16-8-3/h11-14,22H,6-10,15-16H2,1-5H3/p+1. The molecule has 0 aliphatic heterocycles. The number of unbranched alkanes of at least 4 members (excludes halogenated alkanes) is 1. The predicted molar refractivity (Wildman–Crippen MR) is 118 cm³/mol. The molecule has 2 N–H and O–H groups in total. The van der Waals surface area contributed by atoms with E-state index in [0.29, 0.717) is 12.8 Å². The molecule has 1 atom stereocenters. The zero-order valence-corrected chi connectivity index (χ0v) is 19.1. The molecule has 162 valence electrons. The van der Waals surface area contributed by atoms with E-state index in [1.54, 1.807) is 14.1 Å². The van der Waals surface area contributed by atoms with Gasteiger partial charge in [0.05, 0.1) is 6.61 Å². The van der Waals surface area contributed by atoms with Gasteiger partial charge in [0.2, 0.25) is 0 Å². The van der Waals surface area contributed by atoms with Crippen molar-refractivity contribution in [1.82, 2.24) is 9.62 Å². The number of nitrogens with zero attached hydrogens (tertiary/aromatic N) is 2. The fourth-order valence-electron chi connectivity index (χ4n) is 2.84. The van der Waals surface area contributed by atoms with Gasteiger partial charge in [-0.05, 0) is 55.3 Å². The van der Waals surface area contributed by atoms with E-state index in [0.717, 1.165) is 36.1 Å². The number of nitrogens with one attached hydrogen (secondary N) is 2. The van der Waals surface area contributed by atoms with Gasteiger partial charge in [0.1, 0.15) is 6.54 Å². The Morgan fingerprint density at radius 1 is 1.10 bits per heavy atom. The van der Waals surface area contributed by atoms with Gasteiger partial charge in [-0.25, -0.2) is 19.7 Å². The Morgan fingerprint density at radius 3 is 2.28 bits per heavy atom. The summed E-state index contributed by atoms with van der Waals surface area (Å²) in [5, 5.41) is 8.36. The second-order valence-corrected chi connectivity index (χ2v) is 8.00. The van der Waals surface area contributed by atoms with Crippen molar-refractivity contribution in [3.05, 3.63) is 29.8 Å². The van der Waals surface area contributed by atoms with Gasteiger partial charge in [0, 0.05) is 19.0 Å². The van der Waals surface area contributed by atoms with Crippen LogP contribution in [-0.2, 0) is 11.2 Å². The quantitative estimate of drug-likeness (QED) is 0.253. The van der Waals surface area contributed by atoms with E-state index in [4.69, 9.17) is 10.1 Å². The molecule has 1 aromatic rings. The first-order chi connectivity index (χ1) is 13.8. The van der Waals surface area contributed by atoms with Gasteiger partial charge in [0.15, 0.2) is 0 Å². The lowest BCUT2D eigenvalue weighted by molar-refractivity contribution is -0.687. The number of carbonyl (C=O) groups is 2. The van der Waals surface area contributed by atoms with Crippen LogP contribution in [0.25, 0.3) is 0 Å². The largest absolute Gasteiger partial charge is 0.445 e. The maximum Gasteiger partial charge on any atom is 0.445 e. The van der Waals surface area contributed by atoms with Gasteiger partial charge in [-0.15, -0.1) is 0 Å². The third-order valence-corrected chi connectivity index (χ3v) is 5.19. The third kappa shape index (κ3) is 6.75. The lowest BCUT2D eigenvalue weighted by Crippen LogP contribution is -2.66. The number of quaternary nitrogens is 1. The summed E-state index contributed by atoms with van der Waals surface area (Å²) >= 11 is 1.15. The Hall–Kier alpha value is -2.06. The summed E-state index contributed by atoms with van der Waals surface area (Å²) < 4.78 is 7.39. The molecule has 1 unspecified atom stereocenters. The summed E-state index contributed by atoms with van der Waals surface area (Å²) in [7, 11) is 3.15. The van der Waals surface area contributed by atoms with Crippen LogP contribution < -0.4 is 4.72 Å². The van der Waals surface area contributed by atoms with Crippen LogP contribution in [0.1, 0.15) is 52.0 Å². The van der Waals surface area contributed by atoms with Crippen molar-refractivity contribution in [2.75, 3.05) is 27.2 Å². The van der Waals surface area contributed by atoms with Crippen molar-refractivity contribution in [3.63, 3.8) is 0 Å². The maximum absolute atomic E-state index is 13.2. The van der Waals surface area contributed by atoms with Crippen molar-refractivity contribution in [2.45, 2.75) is 57.8 Å². The number of carbonyl (C=O) groups excluding carboxylic acids is 2. The molecule has 0 saturated carbocycles. The van der Waals surface area contributed by atoms with Gasteiger partial charge in [-0.2, -0.15) is 0 Å². The first-order valence-electron chi connectivity index (χ1n) is 10.2.